The monoisotopic (exact) mass is 811 g/mol. The lowest BCUT2D eigenvalue weighted by molar-refractivity contribution is -0.201. The number of rotatable bonds is 16. The summed E-state index contributed by atoms with van der Waals surface area (Å²) in [5.74, 6) is -0.789. The van der Waals surface area contributed by atoms with Crippen LogP contribution in [0.1, 0.15) is 74.1 Å². The Morgan fingerprint density at radius 3 is 1.07 bits per heavy atom. The molecule has 4 aliphatic heterocycles. The summed E-state index contributed by atoms with van der Waals surface area (Å²) in [5, 5.41) is 28.9. The SMILES string of the molecule is CCC(C)(C)C(=O)CC(N1CN(C)CN(C)C1)N1CN(C(NC(=O)C(C)(O)CC)N2CN(C)CN(C)C2)CN(C(NC(=O)C(C)(O)CC)N2CN(C)CN(C)C2)C1. The summed E-state index contributed by atoms with van der Waals surface area (Å²) < 4.78 is 0. The summed E-state index contributed by atoms with van der Waals surface area (Å²) in [7, 11) is 12.3. The topological polar surface area (TPSA) is 155 Å². The van der Waals surface area contributed by atoms with E-state index in [9.17, 15) is 24.6 Å². The number of ketones is 1. The maximum Gasteiger partial charge on any atom is 0.253 e. The molecular weight excluding hydrogens is 733 g/mol. The highest BCUT2D eigenvalue weighted by Crippen LogP contribution is 2.29. The number of amides is 2. The molecule has 5 atom stereocenters. The lowest BCUT2D eigenvalue weighted by Gasteiger charge is -2.56. The Morgan fingerprint density at radius 2 is 0.754 bits per heavy atom. The molecule has 4 N–H and O–H groups in total. The van der Waals surface area contributed by atoms with Crippen LogP contribution in [0.25, 0.3) is 0 Å². The third-order valence-electron chi connectivity index (χ3n) is 12.2. The second-order valence-corrected chi connectivity index (χ2v) is 18.7. The van der Waals surface area contributed by atoms with E-state index in [2.05, 4.69) is 90.5 Å². The van der Waals surface area contributed by atoms with Gasteiger partial charge in [-0.25, -0.2) is 19.6 Å². The fourth-order valence-electron chi connectivity index (χ4n) is 8.15. The number of nitrogens with zero attached hydrogens (tertiary/aromatic N) is 12. The van der Waals surface area contributed by atoms with Crippen molar-refractivity contribution in [3.8, 4) is 0 Å². The first-order valence-electron chi connectivity index (χ1n) is 20.7. The molecule has 4 heterocycles. The molecule has 330 valence electrons. The van der Waals surface area contributed by atoms with Crippen LogP contribution in [-0.4, -0.2) is 239 Å². The van der Waals surface area contributed by atoms with E-state index in [1.54, 1.807) is 13.8 Å². The van der Waals surface area contributed by atoms with E-state index in [0.29, 0.717) is 66.4 Å². The molecule has 0 bridgehead atoms. The summed E-state index contributed by atoms with van der Waals surface area (Å²) in [6.07, 6.45) is -0.248. The van der Waals surface area contributed by atoms with Crippen molar-refractivity contribution in [2.24, 2.45) is 5.41 Å². The molecule has 4 aliphatic rings. The van der Waals surface area contributed by atoms with Gasteiger partial charge >= 0.3 is 0 Å². The Bertz CT molecular complexity index is 1160. The van der Waals surface area contributed by atoms with E-state index >= 15 is 0 Å². The van der Waals surface area contributed by atoms with Gasteiger partial charge in [0.05, 0.1) is 86.2 Å². The van der Waals surface area contributed by atoms with E-state index in [1.807, 2.05) is 42.0 Å². The highest BCUT2D eigenvalue weighted by Gasteiger charge is 2.46. The molecular formula is C38H78N14O5. The minimum atomic E-state index is -1.60. The van der Waals surface area contributed by atoms with Crippen LogP contribution in [0.5, 0.6) is 0 Å². The van der Waals surface area contributed by atoms with E-state index in [1.165, 1.54) is 13.8 Å². The number of aliphatic hydroxyl groups is 2. The number of Topliss-reactive ketones (excluding diaryl/α,β-unsaturated/α-hetero) is 1. The van der Waals surface area contributed by atoms with Crippen molar-refractivity contribution in [2.75, 3.05) is 122 Å². The highest BCUT2D eigenvalue weighted by molar-refractivity contribution is 5.85. The number of hydrogen-bond acceptors (Lipinski definition) is 17. The second kappa shape index (κ2) is 19.6. The van der Waals surface area contributed by atoms with Crippen LogP contribution in [0, 0.1) is 5.41 Å². The molecule has 0 saturated carbocycles. The molecule has 0 aromatic rings. The van der Waals surface area contributed by atoms with Crippen LogP contribution in [0.3, 0.4) is 0 Å². The van der Waals surface area contributed by atoms with Gasteiger partial charge in [-0.3, -0.25) is 53.6 Å². The second-order valence-electron chi connectivity index (χ2n) is 18.7. The molecule has 19 heteroatoms. The number of carbonyl (C=O) groups is 3. The summed E-state index contributed by atoms with van der Waals surface area (Å²) in [4.78, 5) is 68.7. The molecule has 57 heavy (non-hydrogen) atoms. The van der Waals surface area contributed by atoms with Crippen LogP contribution in [-0.2, 0) is 14.4 Å². The van der Waals surface area contributed by atoms with Crippen molar-refractivity contribution in [2.45, 2.75) is 104 Å². The van der Waals surface area contributed by atoms with Crippen molar-refractivity contribution < 1.29 is 24.6 Å². The highest BCUT2D eigenvalue weighted by atomic mass is 16.3. The molecule has 0 aliphatic carbocycles. The Labute approximate surface area is 343 Å². The molecule has 0 aromatic carbocycles. The fraction of sp³-hybridized carbons (Fsp3) is 0.921. The zero-order valence-corrected chi connectivity index (χ0v) is 37.5. The number of hydrogen-bond donors (Lipinski definition) is 4. The predicted octanol–water partition coefficient (Wildman–Crippen LogP) is -1.22. The summed E-state index contributed by atoms with van der Waals surface area (Å²) in [5.41, 5.74) is -3.73. The number of carbonyl (C=O) groups excluding carboxylic acids is 3. The molecule has 0 radical (unpaired) electrons. The van der Waals surface area contributed by atoms with Crippen LogP contribution >= 0.6 is 0 Å². The first-order chi connectivity index (χ1) is 26.5. The van der Waals surface area contributed by atoms with Gasteiger partial charge in [0.1, 0.15) is 29.6 Å². The van der Waals surface area contributed by atoms with E-state index in [0.717, 1.165) is 20.0 Å². The van der Waals surface area contributed by atoms with E-state index in [-0.39, 0.29) is 31.2 Å². The lowest BCUT2D eigenvalue weighted by Crippen LogP contribution is -2.76. The minimum Gasteiger partial charge on any atom is -0.380 e. The van der Waals surface area contributed by atoms with Gasteiger partial charge in [-0.05, 0) is 75.4 Å². The molecule has 4 saturated heterocycles. The van der Waals surface area contributed by atoms with E-state index < -0.39 is 41.0 Å². The first-order valence-corrected chi connectivity index (χ1v) is 20.7. The third-order valence-corrected chi connectivity index (χ3v) is 12.2. The standard InChI is InChI=1S/C38H78N14O5/c1-14-36(4,5)30(53)17-31(47-21-41(8)18-42(9)22-47)48-27-51(34(39-32(54)37(6,56)15-2)49-23-43(10)19-44(11)24-49)29-52(28-48)35(40-33(55)38(7,57)16-3)50-25-45(12)20-46(13)26-50/h31,34-35,56-57H,14-29H2,1-13H3,(H,39,54)(H,40,55). The molecule has 4 rings (SSSR count). The average Bonchev–Trinajstić information content (AvgIpc) is 3.12. The van der Waals surface area contributed by atoms with Gasteiger partial charge in [0.2, 0.25) is 0 Å². The Kier molecular flexibility index (Phi) is 16.4. The normalized spacial score (nSPS) is 26.4. The Balaban J connectivity index is 1.89. The van der Waals surface area contributed by atoms with Gasteiger partial charge in [0, 0.05) is 11.8 Å². The molecule has 4 fully saturated rings. The maximum absolute atomic E-state index is 14.3. The van der Waals surface area contributed by atoms with Crippen molar-refractivity contribution in [3.63, 3.8) is 0 Å². The molecule has 5 unspecified atom stereocenters. The summed E-state index contributed by atoms with van der Waals surface area (Å²) in [6.45, 7) is 19.6. The first kappa shape index (κ1) is 47.7. The maximum atomic E-state index is 14.3. The van der Waals surface area contributed by atoms with Crippen molar-refractivity contribution in [1.29, 1.82) is 0 Å². The zero-order valence-electron chi connectivity index (χ0n) is 37.5. The Hall–Kier alpha value is -1.95. The van der Waals surface area contributed by atoms with E-state index in [4.69, 9.17) is 0 Å². The third kappa shape index (κ3) is 12.3. The van der Waals surface area contributed by atoms with Gasteiger partial charge in [-0.15, -0.1) is 0 Å². The predicted molar refractivity (Wildman–Crippen MR) is 219 cm³/mol. The van der Waals surface area contributed by atoms with Crippen LogP contribution in [0.2, 0.25) is 0 Å². The summed E-state index contributed by atoms with van der Waals surface area (Å²) >= 11 is 0. The minimum absolute atomic E-state index is 0.167. The smallest absolute Gasteiger partial charge is 0.253 e. The lowest BCUT2D eigenvalue weighted by atomic mass is 9.83. The molecule has 19 nitrogen and oxygen atoms in total. The molecule has 0 spiro atoms. The van der Waals surface area contributed by atoms with Crippen molar-refractivity contribution >= 4 is 17.6 Å². The van der Waals surface area contributed by atoms with Crippen LogP contribution in [0.15, 0.2) is 0 Å². The van der Waals surface area contributed by atoms with Gasteiger partial charge in [-0.2, -0.15) is 0 Å². The average molecular weight is 811 g/mol. The van der Waals surface area contributed by atoms with Gasteiger partial charge in [0.25, 0.3) is 11.8 Å². The Morgan fingerprint density at radius 1 is 0.474 bits per heavy atom. The van der Waals surface area contributed by atoms with Gasteiger partial charge in [-0.1, -0.05) is 34.6 Å². The van der Waals surface area contributed by atoms with Crippen molar-refractivity contribution in [3.05, 3.63) is 0 Å². The largest absolute Gasteiger partial charge is 0.380 e. The zero-order chi connectivity index (χ0) is 42.6. The van der Waals surface area contributed by atoms with Gasteiger partial charge in [0.15, 0.2) is 0 Å². The quantitative estimate of drug-likeness (QED) is 0.147. The summed E-state index contributed by atoms with van der Waals surface area (Å²) in [6, 6.07) is 0. The molecule has 2 amide bonds. The van der Waals surface area contributed by atoms with Gasteiger partial charge < -0.3 is 20.8 Å². The fourth-order valence-corrected chi connectivity index (χ4v) is 8.15. The number of nitrogens with one attached hydrogen (secondary N) is 2. The van der Waals surface area contributed by atoms with Crippen LogP contribution in [0.4, 0.5) is 0 Å². The van der Waals surface area contributed by atoms with Crippen molar-refractivity contribution in [1.82, 2.24) is 69.4 Å². The molecule has 0 aromatic heterocycles. The van der Waals surface area contributed by atoms with Crippen LogP contribution < -0.4 is 10.6 Å².